The molecule has 0 atom stereocenters. The molecule has 7 heteroatoms. The highest BCUT2D eigenvalue weighted by Crippen LogP contribution is 2.29. The summed E-state index contributed by atoms with van der Waals surface area (Å²) >= 11 is 3.67. The van der Waals surface area contributed by atoms with Gasteiger partial charge in [-0.2, -0.15) is 17.6 Å². The fourth-order valence-corrected chi connectivity index (χ4v) is 1.06. The Morgan fingerprint density at radius 1 is 1.20 bits per heavy atom. The molecule has 0 N–H and O–H groups in total. The zero-order valence-electron chi connectivity index (χ0n) is 7.05. The Labute approximate surface area is 87.3 Å². The van der Waals surface area contributed by atoms with Crippen LogP contribution in [0.1, 0.15) is 0 Å². The standard InChI is InChI=1S/C8H5F5OS/c9-4-1-5(3-6(15)2-4)14-8(12,13)7(10)11/h1-3,7,15H. The van der Waals surface area contributed by atoms with E-state index in [0.717, 1.165) is 12.1 Å². The van der Waals surface area contributed by atoms with Crippen molar-refractivity contribution in [2.75, 3.05) is 0 Å². The summed E-state index contributed by atoms with van der Waals surface area (Å²) in [6.45, 7) is 0. The fraction of sp³-hybridized carbons (Fsp3) is 0.250. The van der Waals surface area contributed by atoms with Gasteiger partial charge in [-0.1, -0.05) is 0 Å². The highest BCUT2D eigenvalue weighted by Gasteiger charge is 2.44. The summed E-state index contributed by atoms with van der Waals surface area (Å²) < 4.78 is 64.5. The summed E-state index contributed by atoms with van der Waals surface area (Å²) in [5.74, 6) is -1.60. The minimum absolute atomic E-state index is 0.00457. The number of hydrogen-bond acceptors (Lipinski definition) is 2. The largest absolute Gasteiger partial charge is 0.461 e. The van der Waals surface area contributed by atoms with Crippen LogP contribution in [0.25, 0.3) is 0 Å². The molecule has 1 aromatic carbocycles. The predicted octanol–water partition coefficient (Wildman–Crippen LogP) is 3.35. The second-order valence-electron chi connectivity index (χ2n) is 2.61. The van der Waals surface area contributed by atoms with E-state index in [0.29, 0.717) is 6.07 Å². The lowest BCUT2D eigenvalue weighted by atomic mass is 10.3. The quantitative estimate of drug-likeness (QED) is 0.633. The molecule has 0 saturated carbocycles. The van der Waals surface area contributed by atoms with Gasteiger partial charge in [0.15, 0.2) is 0 Å². The number of ether oxygens (including phenoxy) is 1. The van der Waals surface area contributed by atoms with Crippen molar-refractivity contribution in [1.82, 2.24) is 0 Å². The molecule has 84 valence electrons. The first-order valence-electron chi connectivity index (χ1n) is 3.66. The van der Waals surface area contributed by atoms with Gasteiger partial charge in [0.1, 0.15) is 11.6 Å². The molecule has 15 heavy (non-hydrogen) atoms. The second-order valence-corrected chi connectivity index (χ2v) is 3.13. The summed E-state index contributed by atoms with van der Waals surface area (Å²) in [5.41, 5.74) is 0. The maximum Gasteiger partial charge on any atom is 0.461 e. The van der Waals surface area contributed by atoms with Gasteiger partial charge in [0.25, 0.3) is 0 Å². The summed E-state index contributed by atoms with van der Waals surface area (Å²) in [6.07, 6.45) is -8.63. The van der Waals surface area contributed by atoms with Crippen molar-refractivity contribution in [1.29, 1.82) is 0 Å². The van der Waals surface area contributed by atoms with E-state index in [4.69, 9.17) is 0 Å². The van der Waals surface area contributed by atoms with Crippen molar-refractivity contribution < 1.29 is 26.7 Å². The van der Waals surface area contributed by atoms with Crippen molar-refractivity contribution >= 4 is 12.6 Å². The smallest absolute Gasteiger partial charge is 0.428 e. The molecular formula is C8H5F5OS. The minimum atomic E-state index is -4.64. The monoisotopic (exact) mass is 244 g/mol. The first kappa shape index (κ1) is 12.1. The maximum absolute atomic E-state index is 12.6. The topological polar surface area (TPSA) is 9.23 Å². The van der Waals surface area contributed by atoms with Gasteiger partial charge >= 0.3 is 12.5 Å². The van der Waals surface area contributed by atoms with Crippen LogP contribution in [0.15, 0.2) is 23.1 Å². The molecule has 1 rings (SSSR count). The molecule has 0 aliphatic rings. The SMILES string of the molecule is Fc1cc(S)cc(OC(F)(F)C(F)F)c1. The lowest BCUT2D eigenvalue weighted by Gasteiger charge is -2.16. The third-order valence-electron chi connectivity index (χ3n) is 1.36. The maximum atomic E-state index is 12.6. The molecule has 0 aromatic heterocycles. The van der Waals surface area contributed by atoms with E-state index >= 15 is 0 Å². The summed E-state index contributed by atoms with van der Waals surface area (Å²) in [4.78, 5) is -0.00457. The molecule has 0 saturated heterocycles. The molecule has 0 amide bonds. The highest BCUT2D eigenvalue weighted by molar-refractivity contribution is 7.80. The Morgan fingerprint density at radius 3 is 2.27 bits per heavy atom. The van der Waals surface area contributed by atoms with E-state index in [9.17, 15) is 22.0 Å². The zero-order chi connectivity index (χ0) is 11.6. The highest BCUT2D eigenvalue weighted by atomic mass is 32.1. The molecule has 0 aliphatic carbocycles. The van der Waals surface area contributed by atoms with Gasteiger partial charge in [-0.05, 0) is 12.1 Å². The van der Waals surface area contributed by atoms with Crippen LogP contribution >= 0.6 is 12.6 Å². The van der Waals surface area contributed by atoms with Crippen molar-refractivity contribution in [3.05, 3.63) is 24.0 Å². The third kappa shape index (κ3) is 3.26. The van der Waals surface area contributed by atoms with Gasteiger partial charge in [-0.15, -0.1) is 12.6 Å². The van der Waals surface area contributed by atoms with Crippen LogP contribution in [0.3, 0.4) is 0 Å². The van der Waals surface area contributed by atoms with Gasteiger partial charge in [0.05, 0.1) is 0 Å². The predicted molar refractivity (Wildman–Crippen MR) is 45.2 cm³/mol. The van der Waals surface area contributed by atoms with E-state index in [1.165, 1.54) is 0 Å². The number of hydrogen-bond donors (Lipinski definition) is 1. The number of halogens is 5. The number of benzene rings is 1. The van der Waals surface area contributed by atoms with E-state index in [1.54, 1.807) is 0 Å². The molecule has 0 spiro atoms. The van der Waals surface area contributed by atoms with Crippen LogP contribution in [0.5, 0.6) is 5.75 Å². The van der Waals surface area contributed by atoms with Crippen molar-refractivity contribution in [2.24, 2.45) is 0 Å². The van der Waals surface area contributed by atoms with E-state index < -0.39 is 24.1 Å². The molecule has 0 radical (unpaired) electrons. The van der Waals surface area contributed by atoms with Gasteiger partial charge in [-0.3, -0.25) is 0 Å². The van der Waals surface area contributed by atoms with Gasteiger partial charge in [0.2, 0.25) is 0 Å². The Hall–Kier alpha value is -0.980. The van der Waals surface area contributed by atoms with Gasteiger partial charge < -0.3 is 4.74 Å². The molecule has 0 fully saturated rings. The summed E-state index contributed by atoms with van der Waals surface area (Å²) in [6, 6.07) is 2.40. The lowest BCUT2D eigenvalue weighted by Crippen LogP contribution is -2.33. The average molecular weight is 244 g/mol. The van der Waals surface area contributed by atoms with E-state index in [-0.39, 0.29) is 4.90 Å². The fourth-order valence-electron chi connectivity index (χ4n) is 0.809. The van der Waals surface area contributed by atoms with Crippen LogP contribution in [-0.4, -0.2) is 12.5 Å². The van der Waals surface area contributed by atoms with Crippen LogP contribution in [0, 0.1) is 5.82 Å². The molecule has 0 bridgehead atoms. The zero-order valence-corrected chi connectivity index (χ0v) is 7.95. The van der Waals surface area contributed by atoms with Crippen LogP contribution in [-0.2, 0) is 0 Å². The Morgan fingerprint density at radius 2 is 1.80 bits per heavy atom. The van der Waals surface area contributed by atoms with Crippen molar-refractivity contribution in [2.45, 2.75) is 17.4 Å². The average Bonchev–Trinajstić information content (AvgIpc) is 1.99. The first-order valence-corrected chi connectivity index (χ1v) is 4.10. The number of alkyl halides is 4. The molecule has 1 nitrogen and oxygen atoms in total. The van der Waals surface area contributed by atoms with Crippen LogP contribution < -0.4 is 4.74 Å². The van der Waals surface area contributed by atoms with Gasteiger partial charge in [-0.25, -0.2) is 4.39 Å². The first-order chi connectivity index (χ1) is 6.81. The molecule has 0 heterocycles. The second kappa shape index (κ2) is 4.26. The normalized spacial score (nSPS) is 11.9. The van der Waals surface area contributed by atoms with Gasteiger partial charge in [0, 0.05) is 11.0 Å². The molecule has 0 aliphatic heterocycles. The lowest BCUT2D eigenvalue weighted by molar-refractivity contribution is -0.253. The Kier molecular flexibility index (Phi) is 3.43. The summed E-state index contributed by atoms with van der Waals surface area (Å²) in [7, 11) is 0. The molecule has 1 aromatic rings. The minimum Gasteiger partial charge on any atom is -0.428 e. The van der Waals surface area contributed by atoms with Crippen molar-refractivity contribution in [3.63, 3.8) is 0 Å². The van der Waals surface area contributed by atoms with Crippen molar-refractivity contribution in [3.8, 4) is 5.75 Å². The van der Waals surface area contributed by atoms with E-state index in [1.807, 2.05) is 0 Å². The van der Waals surface area contributed by atoms with Crippen LogP contribution in [0.4, 0.5) is 22.0 Å². The van der Waals surface area contributed by atoms with Crippen LogP contribution in [0.2, 0.25) is 0 Å². The molecular weight excluding hydrogens is 239 g/mol. The Balaban J connectivity index is 2.89. The number of rotatable bonds is 3. The third-order valence-corrected chi connectivity index (χ3v) is 1.62. The molecule has 0 unspecified atom stereocenters. The number of thiol groups is 1. The Bertz CT molecular complexity index is 335. The van der Waals surface area contributed by atoms with E-state index in [2.05, 4.69) is 17.4 Å². The summed E-state index contributed by atoms with van der Waals surface area (Å²) in [5, 5.41) is 0.